The van der Waals surface area contributed by atoms with Crippen LogP contribution in [0.3, 0.4) is 0 Å². The standard InChI is InChI=1S/C20H35N5/c1-17(2)9-8-12-22-20(21-3)24-16-18-10-11-19(23-15-18)25-13-6-4-5-7-14-25/h10-11,15,17H,4-9,12-14,16H2,1-3H3,(H2,21,22,24). The second-order valence-corrected chi connectivity index (χ2v) is 7.31. The first-order valence-electron chi connectivity index (χ1n) is 9.83. The number of anilines is 1. The van der Waals surface area contributed by atoms with Gasteiger partial charge in [0.05, 0.1) is 0 Å². The zero-order chi connectivity index (χ0) is 17.9. The van der Waals surface area contributed by atoms with E-state index in [2.05, 4.69) is 51.5 Å². The lowest BCUT2D eigenvalue weighted by Crippen LogP contribution is -2.37. The molecular formula is C20H35N5. The Morgan fingerprint density at radius 2 is 1.92 bits per heavy atom. The maximum absolute atomic E-state index is 4.67. The Morgan fingerprint density at radius 3 is 2.52 bits per heavy atom. The Hall–Kier alpha value is -1.78. The molecule has 1 saturated heterocycles. The fraction of sp³-hybridized carbons (Fsp3) is 0.700. The molecule has 2 rings (SSSR count). The van der Waals surface area contributed by atoms with Crippen LogP contribution in [-0.2, 0) is 6.54 Å². The second-order valence-electron chi connectivity index (χ2n) is 7.31. The molecule has 2 heterocycles. The Kier molecular flexibility index (Phi) is 8.56. The molecule has 1 aromatic heterocycles. The Balaban J connectivity index is 1.76. The van der Waals surface area contributed by atoms with E-state index in [4.69, 9.17) is 0 Å². The van der Waals surface area contributed by atoms with Gasteiger partial charge < -0.3 is 15.5 Å². The Bertz CT molecular complexity index is 501. The minimum absolute atomic E-state index is 0.747. The maximum atomic E-state index is 4.67. The van der Waals surface area contributed by atoms with E-state index >= 15 is 0 Å². The molecule has 0 amide bonds. The van der Waals surface area contributed by atoms with Gasteiger partial charge in [-0.3, -0.25) is 4.99 Å². The van der Waals surface area contributed by atoms with Gasteiger partial charge in [0.2, 0.25) is 0 Å². The van der Waals surface area contributed by atoms with E-state index in [9.17, 15) is 0 Å². The monoisotopic (exact) mass is 345 g/mol. The highest BCUT2D eigenvalue weighted by atomic mass is 15.2. The number of nitrogens with one attached hydrogen (secondary N) is 2. The van der Waals surface area contributed by atoms with Gasteiger partial charge in [0.1, 0.15) is 5.82 Å². The summed E-state index contributed by atoms with van der Waals surface area (Å²) >= 11 is 0. The molecule has 0 unspecified atom stereocenters. The van der Waals surface area contributed by atoms with Crippen LogP contribution in [0.5, 0.6) is 0 Å². The smallest absolute Gasteiger partial charge is 0.191 e. The van der Waals surface area contributed by atoms with Crippen LogP contribution in [0, 0.1) is 5.92 Å². The van der Waals surface area contributed by atoms with Crippen LogP contribution in [-0.4, -0.2) is 37.6 Å². The normalized spacial score (nSPS) is 16.0. The molecule has 0 aromatic carbocycles. The zero-order valence-corrected chi connectivity index (χ0v) is 16.2. The van der Waals surface area contributed by atoms with Gasteiger partial charge in [0.15, 0.2) is 5.96 Å². The number of hydrogen-bond donors (Lipinski definition) is 2. The van der Waals surface area contributed by atoms with E-state index < -0.39 is 0 Å². The zero-order valence-electron chi connectivity index (χ0n) is 16.2. The minimum Gasteiger partial charge on any atom is -0.357 e. The fourth-order valence-corrected chi connectivity index (χ4v) is 3.13. The van der Waals surface area contributed by atoms with Gasteiger partial charge in [0, 0.05) is 39.4 Å². The average molecular weight is 346 g/mol. The fourth-order valence-electron chi connectivity index (χ4n) is 3.13. The second kappa shape index (κ2) is 11.0. The average Bonchev–Trinajstić information content (AvgIpc) is 2.91. The van der Waals surface area contributed by atoms with Gasteiger partial charge in [-0.25, -0.2) is 4.98 Å². The topological polar surface area (TPSA) is 52.6 Å². The van der Waals surface area contributed by atoms with E-state index in [1.54, 1.807) is 0 Å². The summed E-state index contributed by atoms with van der Waals surface area (Å²) < 4.78 is 0. The van der Waals surface area contributed by atoms with E-state index in [1.807, 2.05) is 13.2 Å². The van der Waals surface area contributed by atoms with Crippen molar-refractivity contribution in [2.75, 3.05) is 31.6 Å². The predicted octanol–water partition coefficient (Wildman–Crippen LogP) is 3.56. The molecule has 25 heavy (non-hydrogen) atoms. The van der Waals surface area contributed by atoms with Crippen molar-refractivity contribution in [3.05, 3.63) is 23.9 Å². The van der Waals surface area contributed by atoms with Crippen LogP contribution >= 0.6 is 0 Å². The largest absolute Gasteiger partial charge is 0.357 e. The Morgan fingerprint density at radius 1 is 1.16 bits per heavy atom. The van der Waals surface area contributed by atoms with Crippen molar-refractivity contribution in [3.63, 3.8) is 0 Å². The number of pyridine rings is 1. The van der Waals surface area contributed by atoms with Crippen LogP contribution < -0.4 is 15.5 Å². The molecule has 2 N–H and O–H groups in total. The first-order chi connectivity index (χ1) is 12.2. The van der Waals surface area contributed by atoms with Crippen molar-refractivity contribution < 1.29 is 0 Å². The lowest BCUT2D eigenvalue weighted by Gasteiger charge is -2.21. The summed E-state index contributed by atoms with van der Waals surface area (Å²) in [6, 6.07) is 4.33. The number of nitrogens with zero attached hydrogens (tertiary/aromatic N) is 3. The first kappa shape index (κ1) is 19.5. The molecule has 1 aliphatic rings. The summed E-state index contributed by atoms with van der Waals surface area (Å²) in [6.07, 6.45) is 9.66. The molecule has 0 aliphatic carbocycles. The third-order valence-corrected chi connectivity index (χ3v) is 4.67. The molecule has 0 bridgehead atoms. The van der Waals surface area contributed by atoms with Crippen LogP contribution in [0.25, 0.3) is 0 Å². The molecule has 5 heteroatoms. The SMILES string of the molecule is CN=C(NCCCC(C)C)NCc1ccc(N2CCCCCC2)nc1. The van der Waals surface area contributed by atoms with Gasteiger partial charge in [-0.2, -0.15) is 0 Å². The van der Waals surface area contributed by atoms with Crippen LogP contribution in [0.2, 0.25) is 0 Å². The van der Waals surface area contributed by atoms with E-state index in [-0.39, 0.29) is 0 Å². The van der Waals surface area contributed by atoms with E-state index in [0.29, 0.717) is 0 Å². The van der Waals surface area contributed by atoms with Gasteiger partial charge in [-0.05, 0) is 43.2 Å². The third-order valence-electron chi connectivity index (χ3n) is 4.67. The number of aliphatic imine (C=N–C) groups is 1. The minimum atomic E-state index is 0.747. The van der Waals surface area contributed by atoms with Gasteiger partial charge >= 0.3 is 0 Å². The number of hydrogen-bond acceptors (Lipinski definition) is 3. The molecular weight excluding hydrogens is 310 g/mol. The summed E-state index contributed by atoms with van der Waals surface area (Å²) in [4.78, 5) is 11.4. The van der Waals surface area contributed by atoms with Crippen LogP contribution in [0.1, 0.15) is 57.9 Å². The Labute approximate surface area is 153 Å². The quantitative estimate of drug-likeness (QED) is 0.451. The molecule has 1 aromatic rings. The molecule has 1 fully saturated rings. The highest BCUT2D eigenvalue weighted by Crippen LogP contribution is 2.17. The first-order valence-corrected chi connectivity index (χ1v) is 9.83. The summed E-state index contributed by atoms with van der Waals surface area (Å²) in [5, 5.41) is 6.74. The predicted molar refractivity (Wildman–Crippen MR) is 107 cm³/mol. The van der Waals surface area contributed by atoms with E-state index in [0.717, 1.165) is 43.9 Å². The maximum Gasteiger partial charge on any atom is 0.191 e. The summed E-state index contributed by atoms with van der Waals surface area (Å²) in [5.41, 5.74) is 1.18. The molecule has 140 valence electrons. The highest BCUT2D eigenvalue weighted by Gasteiger charge is 2.10. The van der Waals surface area contributed by atoms with Gasteiger partial charge in [0.25, 0.3) is 0 Å². The van der Waals surface area contributed by atoms with Gasteiger partial charge in [-0.15, -0.1) is 0 Å². The molecule has 0 saturated carbocycles. The molecule has 0 radical (unpaired) electrons. The molecule has 0 atom stereocenters. The summed E-state index contributed by atoms with van der Waals surface area (Å²) in [5.74, 6) is 2.73. The van der Waals surface area contributed by atoms with Crippen molar-refractivity contribution in [2.45, 2.75) is 58.9 Å². The molecule has 0 spiro atoms. The lowest BCUT2D eigenvalue weighted by molar-refractivity contribution is 0.549. The van der Waals surface area contributed by atoms with Crippen molar-refractivity contribution in [2.24, 2.45) is 10.9 Å². The van der Waals surface area contributed by atoms with Crippen LogP contribution in [0.4, 0.5) is 5.82 Å². The van der Waals surface area contributed by atoms with Gasteiger partial charge in [-0.1, -0.05) is 32.8 Å². The van der Waals surface area contributed by atoms with E-state index in [1.165, 1.54) is 44.1 Å². The highest BCUT2D eigenvalue weighted by molar-refractivity contribution is 5.79. The molecule has 5 nitrogen and oxygen atoms in total. The number of aromatic nitrogens is 1. The van der Waals surface area contributed by atoms with Crippen molar-refractivity contribution in [1.29, 1.82) is 0 Å². The third kappa shape index (κ3) is 7.32. The number of rotatable bonds is 7. The van der Waals surface area contributed by atoms with Crippen molar-refractivity contribution in [1.82, 2.24) is 15.6 Å². The summed E-state index contributed by atoms with van der Waals surface area (Å²) in [7, 11) is 1.82. The van der Waals surface area contributed by atoms with Crippen molar-refractivity contribution in [3.8, 4) is 0 Å². The van der Waals surface area contributed by atoms with Crippen molar-refractivity contribution >= 4 is 11.8 Å². The molecule has 1 aliphatic heterocycles. The lowest BCUT2D eigenvalue weighted by atomic mass is 10.1. The summed E-state index contributed by atoms with van der Waals surface area (Å²) in [6.45, 7) is 8.50. The van der Waals surface area contributed by atoms with Crippen LogP contribution in [0.15, 0.2) is 23.3 Å². The number of guanidine groups is 1.